The van der Waals surface area contributed by atoms with Crippen LogP contribution in [-0.4, -0.2) is 45.1 Å². The number of aromatic nitrogens is 1. The van der Waals surface area contributed by atoms with Crippen molar-refractivity contribution in [2.24, 2.45) is 0 Å². The summed E-state index contributed by atoms with van der Waals surface area (Å²) in [6.45, 7) is 4.91. The molecule has 0 spiro atoms. The van der Waals surface area contributed by atoms with E-state index in [-0.39, 0.29) is 19.1 Å². The number of rotatable bonds is 6. The lowest BCUT2D eigenvalue weighted by Crippen LogP contribution is -2.36. The highest BCUT2D eigenvalue weighted by atomic mass is 32.1. The van der Waals surface area contributed by atoms with Gasteiger partial charge < -0.3 is 10.2 Å². The fourth-order valence-electron chi connectivity index (χ4n) is 1.78. The third-order valence-corrected chi connectivity index (χ3v) is 3.46. The van der Waals surface area contributed by atoms with Crippen molar-refractivity contribution in [3.8, 4) is 0 Å². The van der Waals surface area contributed by atoms with Gasteiger partial charge in [-0.25, -0.2) is 4.98 Å². The second kappa shape index (κ2) is 5.92. The predicted octanol–water partition coefficient (Wildman–Crippen LogP) is 1.29. The van der Waals surface area contributed by atoms with Crippen LogP contribution in [0.15, 0.2) is 0 Å². The summed E-state index contributed by atoms with van der Waals surface area (Å²) in [5.41, 5.74) is 0.750. The Hall–Kier alpha value is -1.47. The number of hydrogen-bond acceptors (Lipinski definition) is 5. The first-order valence-corrected chi connectivity index (χ1v) is 6.24. The third kappa shape index (κ3) is 3.78. The first-order valence-electron chi connectivity index (χ1n) is 5.42. The summed E-state index contributed by atoms with van der Waals surface area (Å²) < 4.78 is 0. The van der Waals surface area contributed by atoms with E-state index in [9.17, 15) is 9.59 Å². The Kier molecular flexibility index (Phi) is 4.80. The van der Waals surface area contributed by atoms with Gasteiger partial charge in [-0.15, -0.1) is 11.3 Å². The molecule has 0 aliphatic carbocycles. The number of aliphatic carboxylic acids is 2. The number of aryl methyl sites for hydroxylation is 2. The largest absolute Gasteiger partial charge is 0.480 e. The second-order valence-electron chi connectivity index (χ2n) is 4.04. The SMILES string of the molecule is Cc1nc(C(C)N(CC(=O)O)CC(=O)O)c(C)s1. The number of carboxylic acid groups (broad SMARTS) is 2. The van der Waals surface area contributed by atoms with E-state index in [0.717, 1.165) is 15.6 Å². The van der Waals surface area contributed by atoms with Gasteiger partial charge in [0.25, 0.3) is 0 Å². The van der Waals surface area contributed by atoms with Crippen LogP contribution in [0.5, 0.6) is 0 Å². The molecule has 0 saturated carbocycles. The maximum atomic E-state index is 10.8. The fraction of sp³-hybridized carbons (Fsp3) is 0.545. The predicted molar refractivity (Wildman–Crippen MR) is 66.8 cm³/mol. The van der Waals surface area contributed by atoms with E-state index in [0.29, 0.717) is 0 Å². The van der Waals surface area contributed by atoms with Gasteiger partial charge in [-0.2, -0.15) is 0 Å². The van der Waals surface area contributed by atoms with Gasteiger partial charge in [0.1, 0.15) is 0 Å². The summed E-state index contributed by atoms with van der Waals surface area (Å²) in [5, 5.41) is 18.5. The average molecular weight is 272 g/mol. The fourth-order valence-corrected chi connectivity index (χ4v) is 2.69. The molecule has 0 aliphatic heterocycles. The molecule has 0 saturated heterocycles. The van der Waals surface area contributed by atoms with Crippen molar-refractivity contribution < 1.29 is 19.8 Å². The zero-order valence-corrected chi connectivity index (χ0v) is 11.3. The highest BCUT2D eigenvalue weighted by molar-refractivity contribution is 7.11. The summed E-state index contributed by atoms with van der Waals surface area (Å²) in [7, 11) is 0. The summed E-state index contributed by atoms with van der Waals surface area (Å²) in [6.07, 6.45) is 0. The molecule has 1 aromatic rings. The number of hydrogen-bond donors (Lipinski definition) is 2. The van der Waals surface area contributed by atoms with Crippen LogP contribution < -0.4 is 0 Å². The van der Waals surface area contributed by atoms with Gasteiger partial charge in [0.05, 0.1) is 29.8 Å². The molecule has 1 rings (SSSR count). The molecule has 0 fully saturated rings. The van der Waals surface area contributed by atoms with E-state index in [1.807, 2.05) is 13.8 Å². The molecular formula is C11H16N2O4S. The standard InChI is InChI=1S/C11H16N2O4S/c1-6(11-7(2)18-8(3)12-11)13(4-9(14)15)5-10(16)17/h6H,4-5H2,1-3H3,(H,14,15)(H,16,17). The molecule has 7 heteroatoms. The molecule has 100 valence electrons. The van der Waals surface area contributed by atoms with Crippen molar-refractivity contribution >= 4 is 23.3 Å². The van der Waals surface area contributed by atoms with Crippen LogP contribution in [0, 0.1) is 13.8 Å². The summed E-state index contributed by atoms with van der Waals surface area (Å²) >= 11 is 1.52. The van der Waals surface area contributed by atoms with Gasteiger partial charge in [-0.3, -0.25) is 14.5 Å². The molecule has 1 heterocycles. The van der Waals surface area contributed by atoms with Crippen LogP contribution in [0.4, 0.5) is 0 Å². The lowest BCUT2D eigenvalue weighted by molar-refractivity contribution is -0.142. The molecule has 1 atom stereocenters. The summed E-state index contributed by atoms with van der Waals surface area (Å²) in [6, 6.07) is -0.331. The average Bonchev–Trinajstić information content (AvgIpc) is 2.54. The van der Waals surface area contributed by atoms with Gasteiger partial charge in [0, 0.05) is 4.88 Å². The van der Waals surface area contributed by atoms with E-state index in [2.05, 4.69) is 4.98 Å². The van der Waals surface area contributed by atoms with Crippen molar-refractivity contribution in [2.75, 3.05) is 13.1 Å². The molecular weight excluding hydrogens is 256 g/mol. The number of thiazole rings is 1. The Morgan fingerprint density at radius 1 is 1.28 bits per heavy atom. The minimum atomic E-state index is -1.05. The molecule has 0 aliphatic rings. The quantitative estimate of drug-likeness (QED) is 0.811. The van der Waals surface area contributed by atoms with Crippen molar-refractivity contribution in [3.05, 3.63) is 15.6 Å². The maximum Gasteiger partial charge on any atom is 0.317 e. The van der Waals surface area contributed by atoms with E-state index >= 15 is 0 Å². The normalized spacial score (nSPS) is 12.7. The molecule has 2 N–H and O–H groups in total. The Bertz CT molecular complexity index is 442. The van der Waals surface area contributed by atoms with E-state index in [1.165, 1.54) is 16.2 Å². The summed E-state index contributed by atoms with van der Waals surface area (Å²) in [4.78, 5) is 28.2. The molecule has 0 amide bonds. The van der Waals surface area contributed by atoms with E-state index in [1.54, 1.807) is 6.92 Å². The Labute approximate surface area is 109 Å². The number of carbonyl (C=O) groups is 2. The first kappa shape index (κ1) is 14.6. The second-order valence-corrected chi connectivity index (χ2v) is 5.45. The summed E-state index contributed by atoms with van der Waals surface area (Å²) in [5.74, 6) is -2.10. The van der Waals surface area contributed by atoms with Crippen LogP contribution in [0.1, 0.15) is 28.5 Å². The Morgan fingerprint density at radius 3 is 2.11 bits per heavy atom. The van der Waals surface area contributed by atoms with Crippen LogP contribution in [0.2, 0.25) is 0 Å². The van der Waals surface area contributed by atoms with E-state index < -0.39 is 11.9 Å². The topological polar surface area (TPSA) is 90.7 Å². The zero-order chi connectivity index (χ0) is 13.9. The smallest absolute Gasteiger partial charge is 0.317 e. The number of nitrogens with zero attached hydrogens (tertiary/aromatic N) is 2. The lowest BCUT2D eigenvalue weighted by atomic mass is 10.2. The first-order chi connectivity index (χ1) is 8.31. The molecule has 0 radical (unpaired) electrons. The minimum Gasteiger partial charge on any atom is -0.480 e. The highest BCUT2D eigenvalue weighted by Crippen LogP contribution is 2.26. The zero-order valence-electron chi connectivity index (χ0n) is 10.5. The van der Waals surface area contributed by atoms with Crippen LogP contribution in [0.3, 0.4) is 0 Å². The van der Waals surface area contributed by atoms with Gasteiger partial charge >= 0.3 is 11.9 Å². The Balaban J connectivity index is 2.93. The van der Waals surface area contributed by atoms with Crippen molar-refractivity contribution in [2.45, 2.75) is 26.8 Å². The highest BCUT2D eigenvalue weighted by Gasteiger charge is 2.24. The molecule has 1 unspecified atom stereocenters. The molecule has 0 bridgehead atoms. The van der Waals surface area contributed by atoms with Gasteiger partial charge in [-0.1, -0.05) is 0 Å². The van der Waals surface area contributed by atoms with Crippen LogP contribution in [0.25, 0.3) is 0 Å². The molecule has 18 heavy (non-hydrogen) atoms. The van der Waals surface area contributed by atoms with Gasteiger partial charge in [-0.05, 0) is 20.8 Å². The molecule has 6 nitrogen and oxygen atoms in total. The molecule has 1 aromatic heterocycles. The third-order valence-electron chi connectivity index (χ3n) is 2.56. The van der Waals surface area contributed by atoms with Gasteiger partial charge in [0.15, 0.2) is 0 Å². The molecule has 0 aromatic carbocycles. The van der Waals surface area contributed by atoms with E-state index in [4.69, 9.17) is 10.2 Å². The van der Waals surface area contributed by atoms with Crippen LogP contribution >= 0.6 is 11.3 Å². The van der Waals surface area contributed by atoms with Crippen molar-refractivity contribution in [1.29, 1.82) is 0 Å². The maximum absolute atomic E-state index is 10.8. The minimum absolute atomic E-state index is 0.316. The van der Waals surface area contributed by atoms with Gasteiger partial charge in [0.2, 0.25) is 0 Å². The monoisotopic (exact) mass is 272 g/mol. The number of carboxylic acids is 2. The lowest BCUT2D eigenvalue weighted by Gasteiger charge is -2.24. The van der Waals surface area contributed by atoms with Crippen molar-refractivity contribution in [3.63, 3.8) is 0 Å². The van der Waals surface area contributed by atoms with Crippen LogP contribution in [-0.2, 0) is 9.59 Å². The Morgan fingerprint density at radius 2 is 1.78 bits per heavy atom. The van der Waals surface area contributed by atoms with Crippen molar-refractivity contribution in [1.82, 2.24) is 9.88 Å².